The molecule has 0 saturated heterocycles. The molecule has 2 N–H and O–H groups in total. The fourth-order valence-electron chi connectivity index (χ4n) is 3.60. The van der Waals surface area contributed by atoms with Gasteiger partial charge in [-0.05, 0) is 49.3 Å². The van der Waals surface area contributed by atoms with E-state index in [1.54, 1.807) is 6.08 Å². The van der Waals surface area contributed by atoms with Crippen LogP contribution in [0.5, 0.6) is 0 Å². The molecular weight excluding hydrogens is 286 g/mol. The fraction of sp³-hybridized carbons (Fsp3) is 0.500. The molecule has 5 heteroatoms. The van der Waals surface area contributed by atoms with Crippen molar-refractivity contribution in [3.8, 4) is 0 Å². The summed E-state index contributed by atoms with van der Waals surface area (Å²) in [5.74, 6) is 0.843. The van der Waals surface area contributed by atoms with Crippen LogP contribution in [-0.2, 0) is 16.1 Å². The van der Waals surface area contributed by atoms with E-state index in [1.807, 2.05) is 12.1 Å². The topological polar surface area (TPSA) is 66.4 Å². The van der Waals surface area contributed by atoms with Crippen molar-refractivity contribution in [1.82, 2.24) is 5.32 Å². The normalized spacial score (nSPS) is 27.3. The van der Waals surface area contributed by atoms with Gasteiger partial charge in [-0.2, -0.15) is 0 Å². The second-order valence-corrected chi connectivity index (χ2v) is 7.17. The molecule has 0 spiro atoms. The van der Waals surface area contributed by atoms with E-state index in [9.17, 15) is 9.59 Å². The number of thiophene rings is 1. The first-order chi connectivity index (χ1) is 10.1. The molecule has 2 bridgehead atoms. The first kappa shape index (κ1) is 14.3. The lowest BCUT2D eigenvalue weighted by Crippen LogP contribution is -2.33. The predicted octanol–water partition coefficient (Wildman–Crippen LogP) is 2.90. The van der Waals surface area contributed by atoms with E-state index in [0.717, 1.165) is 28.2 Å². The zero-order chi connectivity index (χ0) is 14.8. The third kappa shape index (κ3) is 3.35. The lowest BCUT2D eigenvalue weighted by molar-refractivity contribution is -0.131. The van der Waals surface area contributed by atoms with Crippen molar-refractivity contribution in [1.29, 1.82) is 0 Å². The summed E-state index contributed by atoms with van der Waals surface area (Å²) in [5, 5.41) is 11.6. The molecule has 1 aromatic rings. The highest BCUT2D eigenvalue weighted by Gasteiger charge is 2.42. The third-order valence-corrected chi connectivity index (χ3v) is 5.63. The lowest BCUT2D eigenvalue weighted by Gasteiger charge is -2.20. The summed E-state index contributed by atoms with van der Waals surface area (Å²) >= 11 is 1.51. The number of nitrogens with one attached hydrogen (secondary N) is 1. The standard InChI is InChI=1S/C16H19NO3S/c18-15(19)6-5-12-3-4-13(21-12)9-17-16(20)14-8-10-1-2-11(14)7-10/h3-6,10-11,14H,1-2,7-9H2,(H,17,20)(H,18,19). The second-order valence-electron chi connectivity index (χ2n) is 5.97. The molecule has 3 rings (SSSR count). The molecule has 0 aliphatic heterocycles. The summed E-state index contributed by atoms with van der Waals surface area (Å²) in [6.07, 6.45) is 7.52. The van der Waals surface area contributed by atoms with Crippen LogP contribution in [0.25, 0.3) is 6.08 Å². The molecule has 1 aromatic heterocycles. The molecule has 0 aromatic carbocycles. The SMILES string of the molecule is O=C(O)C=Cc1ccc(CNC(=O)C2CC3CCC2C3)s1. The van der Waals surface area contributed by atoms with Crippen molar-refractivity contribution in [2.45, 2.75) is 32.2 Å². The lowest BCUT2D eigenvalue weighted by atomic mass is 9.88. The average molecular weight is 305 g/mol. The van der Waals surface area contributed by atoms with E-state index in [1.165, 1.54) is 30.6 Å². The molecule has 2 aliphatic carbocycles. The second kappa shape index (κ2) is 6.02. The number of carboxylic acids is 1. The van der Waals surface area contributed by atoms with E-state index in [-0.39, 0.29) is 11.8 Å². The highest BCUT2D eigenvalue weighted by Crippen LogP contribution is 2.48. The van der Waals surface area contributed by atoms with Crippen LogP contribution in [0.1, 0.15) is 35.4 Å². The van der Waals surface area contributed by atoms with Crippen molar-refractivity contribution in [3.63, 3.8) is 0 Å². The molecule has 2 fully saturated rings. The first-order valence-corrected chi connectivity index (χ1v) is 8.21. The van der Waals surface area contributed by atoms with Gasteiger partial charge >= 0.3 is 5.97 Å². The Morgan fingerprint density at radius 3 is 2.86 bits per heavy atom. The molecule has 1 heterocycles. The summed E-state index contributed by atoms with van der Waals surface area (Å²) in [4.78, 5) is 24.6. The number of hydrogen-bond donors (Lipinski definition) is 2. The smallest absolute Gasteiger partial charge is 0.328 e. The van der Waals surface area contributed by atoms with Gasteiger partial charge in [-0.3, -0.25) is 4.79 Å². The highest BCUT2D eigenvalue weighted by molar-refractivity contribution is 7.12. The number of carbonyl (C=O) groups is 2. The Hall–Kier alpha value is -1.62. The molecule has 1 amide bonds. The van der Waals surface area contributed by atoms with Gasteiger partial charge in [-0.25, -0.2) is 4.79 Å². The molecule has 2 saturated carbocycles. The molecule has 3 atom stereocenters. The maximum absolute atomic E-state index is 12.2. The number of fused-ring (bicyclic) bond motifs is 2. The zero-order valence-corrected chi connectivity index (χ0v) is 12.6. The zero-order valence-electron chi connectivity index (χ0n) is 11.7. The Morgan fingerprint density at radius 1 is 1.33 bits per heavy atom. The van der Waals surface area contributed by atoms with Crippen LogP contribution in [0.2, 0.25) is 0 Å². The van der Waals surface area contributed by atoms with Crippen molar-refractivity contribution in [2.24, 2.45) is 17.8 Å². The Kier molecular flexibility index (Phi) is 4.10. The third-order valence-electron chi connectivity index (χ3n) is 4.58. The summed E-state index contributed by atoms with van der Waals surface area (Å²) in [5.41, 5.74) is 0. The molecule has 2 aliphatic rings. The molecular formula is C16H19NO3S. The van der Waals surface area contributed by atoms with E-state index in [2.05, 4.69) is 5.32 Å². The first-order valence-electron chi connectivity index (χ1n) is 7.39. The predicted molar refractivity (Wildman–Crippen MR) is 81.8 cm³/mol. The maximum Gasteiger partial charge on any atom is 0.328 e. The summed E-state index contributed by atoms with van der Waals surface area (Å²) in [7, 11) is 0. The van der Waals surface area contributed by atoms with Gasteiger partial charge in [0.1, 0.15) is 0 Å². The number of carboxylic acid groups (broad SMARTS) is 1. The van der Waals surface area contributed by atoms with Crippen LogP contribution in [-0.4, -0.2) is 17.0 Å². The van der Waals surface area contributed by atoms with Gasteiger partial charge in [0, 0.05) is 21.7 Å². The van der Waals surface area contributed by atoms with Crippen LogP contribution in [0, 0.1) is 17.8 Å². The average Bonchev–Trinajstić information content (AvgIpc) is 3.18. The Labute approximate surface area is 127 Å². The van der Waals surface area contributed by atoms with E-state index in [0.29, 0.717) is 12.5 Å². The van der Waals surface area contributed by atoms with Gasteiger partial charge in [-0.1, -0.05) is 6.42 Å². The highest BCUT2D eigenvalue weighted by atomic mass is 32.1. The number of amides is 1. The Morgan fingerprint density at radius 2 is 2.19 bits per heavy atom. The molecule has 4 nitrogen and oxygen atoms in total. The minimum atomic E-state index is -0.950. The van der Waals surface area contributed by atoms with E-state index >= 15 is 0 Å². The van der Waals surface area contributed by atoms with Crippen LogP contribution >= 0.6 is 11.3 Å². The Bertz CT molecular complexity index is 578. The minimum Gasteiger partial charge on any atom is -0.478 e. The van der Waals surface area contributed by atoms with Crippen molar-refractivity contribution < 1.29 is 14.7 Å². The summed E-state index contributed by atoms with van der Waals surface area (Å²) < 4.78 is 0. The van der Waals surface area contributed by atoms with Gasteiger partial charge in [0.25, 0.3) is 0 Å². The van der Waals surface area contributed by atoms with Crippen molar-refractivity contribution in [3.05, 3.63) is 28.0 Å². The quantitative estimate of drug-likeness (QED) is 0.822. The van der Waals surface area contributed by atoms with Crippen LogP contribution in [0.3, 0.4) is 0 Å². The molecule has 3 unspecified atom stereocenters. The number of rotatable bonds is 5. The molecule has 21 heavy (non-hydrogen) atoms. The van der Waals surface area contributed by atoms with Crippen molar-refractivity contribution >= 4 is 29.3 Å². The molecule has 0 radical (unpaired) electrons. The monoisotopic (exact) mass is 305 g/mol. The number of aliphatic carboxylic acids is 1. The largest absolute Gasteiger partial charge is 0.478 e. The van der Waals surface area contributed by atoms with Gasteiger partial charge in [0.2, 0.25) is 5.91 Å². The van der Waals surface area contributed by atoms with Crippen molar-refractivity contribution in [2.75, 3.05) is 0 Å². The van der Waals surface area contributed by atoms with Crippen LogP contribution in [0.4, 0.5) is 0 Å². The molecule has 112 valence electrons. The van der Waals surface area contributed by atoms with Crippen LogP contribution in [0.15, 0.2) is 18.2 Å². The van der Waals surface area contributed by atoms with Crippen LogP contribution < -0.4 is 5.32 Å². The minimum absolute atomic E-state index is 0.193. The van der Waals surface area contributed by atoms with E-state index in [4.69, 9.17) is 5.11 Å². The Balaban J connectivity index is 1.51. The van der Waals surface area contributed by atoms with Gasteiger partial charge in [0.05, 0.1) is 6.54 Å². The maximum atomic E-state index is 12.2. The number of hydrogen-bond acceptors (Lipinski definition) is 3. The summed E-state index contributed by atoms with van der Waals surface area (Å²) in [6.45, 7) is 0.540. The fourth-order valence-corrected chi connectivity index (χ4v) is 4.46. The van der Waals surface area contributed by atoms with Gasteiger partial charge in [-0.15, -0.1) is 11.3 Å². The van der Waals surface area contributed by atoms with E-state index < -0.39 is 5.97 Å². The van der Waals surface area contributed by atoms with Gasteiger partial charge in [0.15, 0.2) is 0 Å². The van der Waals surface area contributed by atoms with Gasteiger partial charge < -0.3 is 10.4 Å². The number of carbonyl (C=O) groups excluding carboxylic acids is 1. The summed E-state index contributed by atoms with van der Waals surface area (Å²) in [6, 6.07) is 3.82.